The van der Waals surface area contributed by atoms with E-state index < -0.39 is 0 Å². The average molecular weight is 539 g/mol. The van der Waals surface area contributed by atoms with Gasteiger partial charge < -0.3 is 21.3 Å². The maximum absolute atomic E-state index is 12.1. The summed E-state index contributed by atoms with van der Waals surface area (Å²) in [5.41, 5.74) is 1.70. The van der Waals surface area contributed by atoms with E-state index in [1.807, 2.05) is 31.2 Å². The van der Waals surface area contributed by atoms with Gasteiger partial charge in [-0.05, 0) is 43.5 Å². The molecule has 1 aromatic carbocycles. The fourth-order valence-electron chi connectivity index (χ4n) is 2.86. The molecule has 1 fully saturated rings. The standard InChI is InChI=1S/C21H29N7O2.HI/c1-2-22-21(24-11-10-23-20(30)17-7-8-17)25-14-16-5-3-6-18(13-16)27-19(29)15-28-12-4-9-26-28;/h3-6,9,12-13,17H,2,7-8,10-11,14-15H2,1H3,(H,23,30)(H,27,29)(H2,22,24,25);1H. The zero-order valence-electron chi connectivity index (χ0n) is 17.6. The van der Waals surface area contributed by atoms with E-state index in [9.17, 15) is 9.59 Å². The third-order valence-electron chi connectivity index (χ3n) is 4.50. The lowest BCUT2D eigenvalue weighted by molar-refractivity contribution is -0.122. The molecule has 2 amide bonds. The number of aliphatic imine (C=N–C) groups is 1. The summed E-state index contributed by atoms with van der Waals surface area (Å²) in [4.78, 5) is 28.4. The van der Waals surface area contributed by atoms with Crippen molar-refractivity contribution in [3.63, 3.8) is 0 Å². The molecule has 0 aliphatic heterocycles. The summed E-state index contributed by atoms with van der Waals surface area (Å²) in [6.45, 7) is 4.55. The molecule has 31 heavy (non-hydrogen) atoms. The van der Waals surface area contributed by atoms with Crippen LogP contribution >= 0.6 is 24.0 Å². The van der Waals surface area contributed by atoms with Gasteiger partial charge in [-0.15, -0.1) is 24.0 Å². The Morgan fingerprint density at radius 2 is 1.97 bits per heavy atom. The summed E-state index contributed by atoms with van der Waals surface area (Å²) in [6.07, 6.45) is 5.40. The van der Waals surface area contributed by atoms with Gasteiger partial charge >= 0.3 is 0 Å². The maximum atomic E-state index is 12.1. The SMILES string of the molecule is CCNC(=NCc1cccc(NC(=O)Cn2cccn2)c1)NCCNC(=O)C1CC1.I. The summed E-state index contributed by atoms with van der Waals surface area (Å²) < 4.78 is 1.57. The minimum absolute atomic E-state index is 0. The maximum Gasteiger partial charge on any atom is 0.246 e. The second kappa shape index (κ2) is 12.9. The fraction of sp³-hybridized carbons (Fsp3) is 0.429. The second-order valence-corrected chi connectivity index (χ2v) is 7.14. The molecule has 3 rings (SSSR count). The van der Waals surface area contributed by atoms with E-state index in [0.717, 1.165) is 30.6 Å². The second-order valence-electron chi connectivity index (χ2n) is 7.14. The zero-order chi connectivity index (χ0) is 21.2. The molecule has 4 N–H and O–H groups in total. The van der Waals surface area contributed by atoms with E-state index in [0.29, 0.717) is 25.6 Å². The van der Waals surface area contributed by atoms with Crippen molar-refractivity contribution in [3.05, 3.63) is 48.3 Å². The van der Waals surface area contributed by atoms with E-state index in [1.165, 1.54) is 0 Å². The summed E-state index contributed by atoms with van der Waals surface area (Å²) in [5.74, 6) is 0.915. The van der Waals surface area contributed by atoms with Crippen LogP contribution in [-0.2, 0) is 22.7 Å². The highest BCUT2D eigenvalue weighted by Crippen LogP contribution is 2.28. The molecule has 10 heteroatoms. The molecule has 1 saturated carbocycles. The number of aromatic nitrogens is 2. The normalized spacial score (nSPS) is 13.1. The van der Waals surface area contributed by atoms with Crippen LogP contribution in [0.1, 0.15) is 25.3 Å². The Balaban J connectivity index is 0.00000341. The van der Waals surface area contributed by atoms with Gasteiger partial charge in [0.25, 0.3) is 0 Å². The Labute approximate surface area is 199 Å². The molecule has 0 saturated heterocycles. The number of anilines is 1. The number of nitrogens with zero attached hydrogens (tertiary/aromatic N) is 3. The smallest absolute Gasteiger partial charge is 0.246 e. The zero-order valence-corrected chi connectivity index (χ0v) is 20.0. The van der Waals surface area contributed by atoms with Crippen LogP contribution in [0.4, 0.5) is 5.69 Å². The number of hydrogen-bond donors (Lipinski definition) is 4. The van der Waals surface area contributed by atoms with E-state index in [4.69, 9.17) is 0 Å². The first-order chi connectivity index (χ1) is 14.6. The van der Waals surface area contributed by atoms with Gasteiger partial charge in [0.1, 0.15) is 6.54 Å². The van der Waals surface area contributed by atoms with Gasteiger partial charge in [0.05, 0.1) is 6.54 Å². The third-order valence-corrected chi connectivity index (χ3v) is 4.50. The lowest BCUT2D eigenvalue weighted by Gasteiger charge is -2.12. The molecule has 9 nitrogen and oxygen atoms in total. The Kier molecular flexibility index (Phi) is 10.3. The van der Waals surface area contributed by atoms with Crippen LogP contribution in [0.3, 0.4) is 0 Å². The van der Waals surface area contributed by atoms with Crippen LogP contribution in [0.2, 0.25) is 0 Å². The van der Waals surface area contributed by atoms with Crippen LogP contribution < -0.4 is 21.3 Å². The molecule has 1 aliphatic rings. The molecule has 1 aliphatic carbocycles. The van der Waals surface area contributed by atoms with Gasteiger partial charge in [0.2, 0.25) is 11.8 Å². The predicted molar refractivity (Wildman–Crippen MR) is 131 cm³/mol. The van der Waals surface area contributed by atoms with E-state index >= 15 is 0 Å². The van der Waals surface area contributed by atoms with Crippen molar-refractivity contribution in [2.75, 3.05) is 25.0 Å². The van der Waals surface area contributed by atoms with E-state index in [-0.39, 0.29) is 48.3 Å². The highest BCUT2D eigenvalue weighted by molar-refractivity contribution is 14.0. The summed E-state index contributed by atoms with van der Waals surface area (Å²) >= 11 is 0. The lowest BCUT2D eigenvalue weighted by Crippen LogP contribution is -2.41. The van der Waals surface area contributed by atoms with E-state index in [2.05, 4.69) is 31.4 Å². The van der Waals surface area contributed by atoms with Crippen molar-refractivity contribution in [2.24, 2.45) is 10.9 Å². The van der Waals surface area contributed by atoms with Gasteiger partial charge in [-0.2, -0.15) is 5.10 Å². The number of amides is 2. The van der Waals surface area contributed by atoms with Crippen LogP contribution in [0.25, 0.3) is 0 Å². The number of guanidine groups is 1. The van der Waals surface area contributed by atoms with Crippen LogP contribution in [0, 0.1) is 5.92 Å². The van der Waals surface area contributed by atoms with Gasteiger partial charge in [-0.25, -0.2) is 4.99 Å². The Morgan fingerprint density at radius 3 is 2.68 bits per heavy atom. The number of rotatable bonds is 10. The number of halogens is 1. The van der Waals surface area contributed by atoms with Crippen LogP contribution in [0.15, 0.2) is 47.7 Å². The first-order valence-corrected chi connectivity index (χ1v) is 10.3. The third kappa shape index (κ3) is 8.95. The first-order valence-electron chi connectivity index (χ1n) is 10.3. The van der Waals surface area contributed by atoms with Crippen molar-refractivity contribution in [2.45, 2.75) is 32.9 Å². The molecule has 0 unspecified atom stereocenters. The highest BCUT2D eigenvalue weighted by atomic mass is 127. The molecule has 2 aromatic rings. The number of carbonyl (C=O) groups excluding carboxylic acids is 2. The van der Waals surface area contributed by atoms with Crippen molar-refractivity contribution in [1.82, 2.24) is 25.7 Å². The minimum atomic E-state index is -0.136. The Bertz CT molecular complexity index is 866. The summed E-state index contributed by atoms with van der Waals surface area (Å²) in [5, 5.41) is 16.3. The number of nitrogens with one attached hydrogen (secondary N) is 4. The van der Waals surface area contributed by atoms with Gasteiger partial charge in [-0.3, -0.25) is 14.3 Å². The largest absolute Gasteiger partial charge is 0.357 e. The highest BCUT2D eigenvalue weighted by Gasteiger charge is 2.28. The number of hydrogen-bond acceptors (Lipinski definition) is 4. The Hall–Kier alpha value is -2.63. The molecule has 0 spiro atoms. The molecule has 0 atom stereocenters. The van der Waals surface area contributed by atoms with E-state index in [1.54, 1.807) is 23.1 Å². The van der Waals surface area contributed by atoms with Gasteiger partial charge in [0.15, 0.2) is 5.96 Å². The molecule has 0 bridgehead atoms. The van der Waals surface area contributed by atoms with Crippen LogP contribution in [0.5, 0.6) is 0 Å². The summed E-state index contributed by atoms with van der Waals surface area (Å²) in [6, 6.07) is 9.39. The monoisotopic (exact) mass is 539 g/mol. The molecule has 168 valence electrons. The minimum Gasteiger partial charge on any atom is -0.357 e. The first kappa shape index (κ1) is 24.6. The number of benzene rings is 1. The molecule has 1 heterocycles. The Morgan fingerprint density at radius 1 is 1.16 bits per heavy atom. The van der Waals surface area contributed by atoms with Crippen molar-refractivity contribution in [1.29, 1.82) is 0 Å². The lowest BCUT2D eigenvalue weighted by atomic mass is 10.2. The number of carbonyl (C=O) groups is 2. The van der Waals surface area contributed by atoms with Gasteiger partial charge in [0, 0.05) is 43.6 Å². The molecular formula is C21H30IN7O2. The van der Waals surface area contributed by atoms with Crippen molar-refractivity contribution < 1.29 is 9.59 Å². The van der Waals surface area contributed by atoms with Gasteiger partial charge in [-0.1, -0.05) is 12.1 Å². The molecule has 0 radical (unpaired) electrons. The topological polar surface area (TPSA) is 112 Å². The predicted octanol–water partition coefficient (Wildman–Crippen LogP) is 1.72. The van der Waals surface area contributed by atoms with Crippen molar-refractivity contribution >= 4 is 47.4 Å². The average Bonchev–Trinajstić information content (AvgIpc) is 3.47. The fourth-order valence-corrected chi connectivity index (χ4v) is 2.86. The molecule has 1 aromatic heterocycles. The molecular weight excluding hydrogens is 509 g/mol. The van der Waals surface area contributed by atoms with Crippen molar-refractivity contribution in [3.8, 4) is 0 Å². The quantitative estimate of drug-likeness (QED) is 0.159. The summed E-state index contributed by atoms with van der Waals surface area (Å²) in [7, 11) is 0. The van der Waals surface area contributed by atoms with Crippen LogP contribution in [-0.4, -0.2) is 47.2 Å².